The average molecular weight is 235 g/mol. The van der Waals surface area contributed by atoms with Gasteiger partial charge in [-0.15, -0.1) is 12.4 Å². The molecule has 2 nitrogen and oxygen atoms in total. The monoisotopic (exact) mass is 234 g/mol. The summed E-state index contributed by atoms with van der Waals surface area (Å²) < 4.78 is 12.9. The van der Waals surface area contributed by atoms with Crippen LogP contribution in [-0.2, 0) is 0 Å². The normalized spacial score (nSPS) is 11.3. The second kappa shape index (κ2) is 5.82. The van der Waals surface area contributed by atoms with E-state index in [1.165, 1.54) is 12.1 Å². The number of nitrogens with zero attached hydrogens (tertiary/aromatic N) is 1. The van der Waals surface area contributed by atoms with Gasteiger partial charge < -0.3 is 5.73 Å². The van der Waals surface area contributed by atoms with E-state index in [-0.39, 0.29) is 23.9 Å². The Kier molecular flexibility index (Phi) is 5.47. The molecule has 0 saturated heterocycles. The van der Waals surface area contributed by atoms with Crippen LogP contribution in [0.4, 0.5) is 4.39 Å². The van der Waals surface area contributed by atoms with Crippen LogP contribution in [0, 0.1) is 17.1 Å². The van der Waals surface area contributed by atoms with Crippen molar-refractivity contribution in [2.45, 2.75) is 12.5 Å². The molecule has 0 aliphatic carbocycles. The molecule has 0 heterocycles. The van der Waals surface area contributed by atoms with Crippen molar-refractivity contribution in [1.82, 2.24) is 0 Å². The lowest BCUT2D eigenvalue weighted by Crippen LogP contribution is -2.09. The molecule has 0 unspecified atom stereocenters. The molecule has 0 aliphatic heterocycles. The summed E-state index contributed by atoms with van der Waals surface area (Å²) in [6.45, 7) is 0. The maximum atomic E-state index is 12.9. The highest BCUT2D eigenvalue weighted by Crippen LogP contribution is 2.20. The lowest BCUT2D eigenvalue weighted by atomic mass is 10.1. The molecular formula is C9H9Cl2FN2. The van der Waals surface area contributed by atoms with E-state index < -0.39 is 11.9 Å². The molecule has 0 aliphatic rings. The van der Waals surface area contributed by atoms with Crippen LogP contribution in [0.1, 0.15) is 18.0 Å². The Morgan fingerprint density at radius 1 is 1.57 bits per heavy atom. The Morgan fingerprint density at radius 3 is 2.71 bits per heavy atom. The topological polar surface area (TPSA) is 49.8 Å². The van der Waals surface area contributed by atoms with Crippen LogP contribution in [0.25, 0.3) is 0 Å². The molecule has 0 spiro atoms. The summed E-state index contributed by atoms with van der Waals surface area (Å²) in [4.78, 5) is 0. The van der Waals surface area contributed by atoms with Crippen LogP contribution in [0.2, 0.25) is 5.02 Å². The summed E-state index contributed by atoms with van der Waals surface area (Å²) in [7, 11) is 0. The third kappa shape index (κ3) is 3.15. The molecule has 2 N–H and O–H groups in total. The van der Waals surface area contributed by atoms with Gasteiger partial charge in [0, 0.05) is 6.04 Å². The highest BCUT2D eigenvalue weighted by molar-refractivity contribution is 6.30. The van der Waals surface area contributed by atoms with Crippen molar-refractivity contribution < 1.29 is 4.39 Å². The predicted octanol–water partition coefficient (Wildman–Crippen LogP) is 2.81. The van der Waals surface area contributed by atoms with E-state index in [1.54, 1.807) is 6.07 Å². The molecule has 0 amide bonds. The summed E-state index contributed by atoms with van der Waals surface area (Å²) in [5, 5.41) is 8.43. The second-order valence-corrected chi connectivity index (χ2v) is 3.05. The lowest BCUT2D eigenvalue weighted by molar-refractivity contribution is 0.620. The number of nitriles is 1. The molecule has 0 radical (unpaired) electrons. The lowest BCUT2D eigenvalue weighted by Gasteiger charge is -2.07. The summed E-state index contributed by atoms with van der Waals surface area (Å²) in [6.07, 6.45) is 0.168. The van der Waals surface area contributed by atoms with Gasteiger partial charge >= 0.3 is 0 Å². The van der Waals surface area contributed by atoms with Gasteiger partial charge in [0.25, 0.3) is 0 Å². The van der Waals surface area contributed by atoms with E-state index in [0.717, 1.165) is 0 Å². The molecule has 1 rings (SSSR count). The first kappa shape index (κ1) is 13.2. The van der Waals surface area contributed by atoms with E-state index >= 15 is 0 Å². The highest BCUT2D eigenvalue weighted by atomic mass is 35.5. The van der Waals surface area contributed by atoms with Crippen LogP contribution < -0.4 is 5.73 Å². The SMILES string of the molecule is Cl.N#CC[C@@H](N)c1ccc(Cl)c(F)c1. The Morgan fingerprint density at radius 2 is 2.21 bits per heavy atom. The summed E-state index contributed by atoms with van der Waals surface area (Å²) in [5.41, 5.74) is 6.18. The van der Waals surface area contributed by atoms with E-state index in [2.05, 4.69) is 0 Å². The molecule has 0 saturated carbocycles. The first-order valence-corrected chi connectivity index (χ1v) is 4.10. The Balaban J connectivity index is 0.00000169. The zero-order chi connectivity index (χ0) is 9.84. The second-order valence-electron chi connectivity index (χ2n) is 2.64. The first-order valence-electron chi connectivity index (χ1n) is 3.72. The van der Waals surface area contributed by atoms with Gasteiger partial charge in [-0.3, -0.25) is 0 Å². The van der Waals surface area contributed by atoms with Gasteiger partial charge in [0.1, 0.15) is 5.82 Å². The molecule has 0 aromatic heterocycles. The van der Waals surface area contributed by atoms with E-state index in [4.69, 9.17) is 22.6 Å². The molecular weight excluding hydrogens is 226 g/mol. The molecule has 0 fully saturated rings. The van der Waals surface area contributed by atoms with Gasteiger partial charge in [0.05, 0.1) is 17.5 Å². The molecule has 5 heteroatoms. The molecule has 1 aromatic rings. The third-order valence-corrected chi connectivity index (χ3v) is 1.99. The predicted molar refractivity (Wildman–Crippen MR) is 55.8 cm³/mol. The zero-order valence-corrected chi connectivity index (χ0v) is 8.78. The van der Waals surface area contributed by atoms with Crippen molar-refractivity contribution in [3.63, 3.8) is 0 Å². The fourth-order valence-electron chi connectivity index (χ4n) is 0.959. The van der Waals surface area contributed by atoms with Crippen molar-refractivity contribution in [3.05, 3.63) is 34.6 Å². The van der Waals surface area contributed by atoms with Gasteiger partial charge in [0.15, 0.2) is 0 Å². The highest BCUT2D eigenvalue weighted by Gasteiger charge is 2.07. The Bertz CT molecular complexity index is 349. The molecule has 14 heavy (non-hydrogen) atoms. The zero-order valence-electron chi connectivity index (χ0n) is 7.21. The number of rotatable bonds is 2. The average Bonchev–Trinajstić information content (AvgIpc) is 2.10. The van der Waals surface area contributed by atoms with Gasteiger partial charge in [0.2, 0.25) is 0 Å². The number of halogens is 3. The van der Waals surface area contributed by atoms with Gasteiger partial charge in [-0.25, -0.2) is 4.39 Å². The fraction of sp³-hybridized carbons (Fsp3) is 0.222. The van der Waals surface area contributed by atoms with Crippen LogP contribution >= 0.6 is 24.0 Å². The fourth-order valence-corrected chi connectivity index (χ4v) is 1.08. The number of nitrogens with two attached hydrogens (primary N) is 1. The number of hydrogen-bond acceptors (Lipinski definition) is 2. The number of hydrogen-bond donors (Lipinski definition) is 1. The summed E-state index contributed by atoms with van der Waals surface area (Å²) in [6, 6.07) is 5.78. The summed E-state index contributed by atoms with van der Waals surface area (Å²) >= 11 is 5.48. The van der Waals surface area contributed by atoms with Crippen molar-refractivity contribution in [1.29, 1.82) is 5.26 Å². The maximum absolute atomic E-state index is 12.9. The van der Waals surface area contributed by atoms with E-state index in [9.17, 15) is 4.39 Å². The van der Waals surface area contributed by atoms with Gasteiger partial charge in [-0.2, -0.15) is 5.26 Å². The first-order chi connectivity index (χ1) is 6.15. The van der Waals surface area contributed by atoms with Crippen LogP contribution in [-0.4, -0.2) is 0 Å². The molecule has 76 valence electrons. The number of benzene rings is 1. The minimum Gasteiger partial charge on any atom is -0.323 e. The largest absolute Gasteiger partial charge is 0.323 e. The minimum absolute atomic E-state index is 0. The van der Waals surface area contributed by atoms with Gasteiger partial charge in [-0.1, -0.05) is 17.7 Å². The maximum Gasteiger partial charge on any atom is 0.142 e. The minimum atomic E-state index is -0.507. The smallest absolute Gasteiger partial charge is 0.142 e. The van der Waals surface area contributed by atoms with Crippen LogP contribution in [0.5, 0.6) is 0 Å². The Hall–Kier alpha value is -0.820. The van der Waals surface area contributed by atoms with Gasteiger partial charge in [-0.05, 0) is 17.7 Å². The van der Waals surface area contributed by atoms with E-state index in [0.29, 0.717) is 5.56 Å². The Labute approximate surface area is 92.9 Å². The molecule has 1 aromatic carbocycles. The van der Waals surface area contributed by atoms with Crippen LogP contribution in [0.3, 0.4) is 0 Å². The standard InChI is InChI=1S/C9H8ClFN2.ClH/c10-7-2-1-6(5-8(7)11)9(13)3-4-12;/h1-2,5,9H,3,13H2;1H/t9-;/m1./s1. The third-order valence-electron chi connectivity index (χ3n) is 1.68. The van der Waals surface area contributed by atoms with E-state index in [1.807, 2.05) is 6.07 Å². The molecule has 0 bridgehead atoms. The van der Waals surface area contributed by atoms with Crippen molar-refractivity contribution in [2.24, 2.45) is 5.73 Å². The van der Waals surface area contributed by atoms with Crippen molar-refractivity contribution >= 4 is 24.0 Å². The quantitative estimate of drug-likeness (QED) is 0.856. The van der Waals surface area contributed by atoms with Crippen LogP contribution in [0.15, 0.2) is 18.2 Å². The summed E-state index contributed by atoms with van der Waals surface area (Å²) in [5.74, 6) is -0.507. The molecule has 1 atom stereocenters. The van der Waals surface area contributed by atoms with Crippen molar-refractivity contribution in [3.8, 4) is 6.07 Å². The van der Waals surface area contributed by atoms with Crippen molar-refractivity contribution in [2.75, 3.05) is 0 Å².